The Morgan fingerprint density at radius 3 is 2.57 bits per heavy atom. The highest BCUT2D eigenvalue weighted by atomic mass is 35.5. The molecule has 0 amide bonds. The van der Waals surface area contributed by atoms with Crippen LogP contribution < -0.4 is 16.1 Å². The quantitative estimate of drug-likeness (QED) is 0.637. The third kappa shape index (κ3) is 3.47. The van der Waals surface area contributed by atoms with E-state index in [1.165, 1.54) is 18.0 Å². The summed E-state index contributed by atoms with van der Waals surface area (Å²) >= 11 is 6.46. The lowest BCUT2D eigenvalue weighted by Gasteiger charge is -2.36. The number of fused-ring (bicyclic) bond motifs is 1. The van der Waals surface area contributed by atoms with Crippen molar-refractivity contribution in [3.8, 4) is 0 Å². The molecule has 30 heavy (non-hydrogen) atoms. The van der Waals surface area contributed by atoms with Crippen molar-refractivity contribution >= 4 is 28.5 Å². The standard InChI is InChI=1S/C23H29ClN4O2/c1-15(2)16-9-7-11-27(13-16)20-12-19-21(22(29)26(4)23(30)25(19)3)28(20)14-17-8-5-6-10-18(17)24/h5-6,8,10,12,15-16H,7,9,11,13-14H2,1-4H3. The number of nitrogens with zero attached hydrogens (tertiary/aromatic N) is 4. The van der Waals surface area contributed by atoms with Crippen LogP contribution in [0.1, 0.15) is 32.3 Å². The van der Waals surface area contributed by atoms with E-state index in [1.54, 1.807) is 11.6 Å². The summed E-state index contributed by atoms with van der Waals surface area (Å²) in [7, 11) is 3.26. The van der Waals surface area contributed by atoms with Crippen LogP contribution in [0.2, 0.25) is 5.02 Å². The van der Waals surface area contributed by atoms with E-state index >= 15 is 0 Å². The fourth-order valence-corrected chi connectivity index (χ4v) is 4.75. The minimum atomic E-state index is -0.312. The first kappa shape index (κ1) is 20.8. The molecule has 0 spiro atoms. The summed E-state index contributed by atoms with van der Waals surface area (Å²) in [5.41, 5.74) is 1.57. The van der Waals surface area contributed by atoms with Crippen LogP contribution in [0, 0.1) is 11.8 Å². The molecular formula is C23H29ClN4O2. The predicted molar refractivity (Wildman–Crippen MR) is 123 cm³/mol. The number of hydrogen-bond acceptors (Lipinski definition) is 3. The summed E-state index contributed by atoms with van der Waals surface area (Å²) in [6, 6.07) is 9.71. The van der Waals surface area contributed by atoms with Gasteiger partial charge in [-0.05, 0) is 36.3 Å². The second-order valence-electron chi connectivity index (χ2n) is 8.71. The number of aromatic nitrogens is 3. The molecule has 1 aromatic carbocycles. The van der Waals surface area contributed by atoms with Crippen LogP contribution >= 0.6 is 11.6 Å². The van der Waals surface area contributed by atoms with E-state index in [9.17, 15) is 9.59 Å². The highest BCUT2D eigenvalue weighted by Gasteiger charge is 2.27. The van der Waals surface area contributed by atoms with Gasteiger partial charge in [0.2, 0.25) is 0 Å². The maximum absolute atomic E-state index is 13.1. The fraction of sp³-hybridized carbons (Fsp3) is 0.478. The van der Waals surface area contributed by atoms with Gasteiger partial charge in [-0.25, -0.2) is 4.79 Å². The summed E-state index contributed by atoms with van der Waals surface area (Å²) < 4.78 is 4.79. The van der Waals surface area contributed by atoms with Crippen molar-refractivity contribution in [2.24, 2.45) is 25.9 Å². The molecule has 160 valence electrons. The summed E-state index contributed by atoms with van der Waals surface area (Å²) in [5.74, 6) is 2.19. The molecule has 0 saturated carbocycles. The molecule has 0 aliphatic carbocycles. The maximum atomic E-state index is 13.1. The molecule has 1 unspecified atom stereocenters. The zero-order valence-corrected chi connectivity index (χ0v) is 18.8. The van der Waals surface area contributed by atoms with Gasteiger partial charge in [-0.3, -0.25) is 13.9 Å². The van der Waals surface area contributed by atoms with Crippen LogP contribution in [0.25, 0.3) is 11.0 Å². The molecule has 1 atom stereocenters. The van der Waals surface area contributed by atoms with Gasteiger partial charge in [0.15, 0.2) is 0 Å². The molecule has 6 nitrogen and oxygen atoms in total. The van der Waals surface area contributed by atoms with Gasteiger partial charge in [0.25, 0.3) is 5.56 Å². The molecule has 1 aliphatic rings. The molecule has 3 aromatic rings. The Morgan fingerprint density at radius 2 is 1.87 bits per heavy atom. The monoisotopic (exact) mass is 428 g/mol. The molecule has 7 heteroatoms. The topological polar surface area (TPSA) is 52.2 Å². The van der Waals surface area contributed by atoms with E-state index < -0.39 is 0 Å². The minimum absolute atomic E-state index is 0.274. The Labute approximate surface area is 181 Å². The van der Waals surface area contributed by atoms with Crippen molar-refractivity contribution in [3.63, 3.8) is 0 Å². The average Bonchev–Trinajstić information content (AvgIpc) is 3.12. The second kappa shape index (κ2) is 7.99. The Morgan fingerprint density at radius 1 is 1.13 bits per heavy atom. The van der Waals surface area contributed by atoms with Crippen LogP contribution in [-0.4, -0.2) is 26.8 Å². The Balaban J connectivity index is 1.94. The van der Waals surface area contributed by atoms with Gasteiger partial charge in [0, 0.05) is 38.3 Å². The summed E-state index contributed by atoms with van der Waals surface area (Å²) in [4.78, 5) is 28.0. The third-order valence-corrected chi connectivity index (χ3v) is 6.88. The lowest BCUT2D eigenvalue weighted by atomic mass is 9.88. The van der Waals surface area contributed by atoms with Crippen molar-refractivity contribution in [1.29, 1.82) is 0 Å². The first-order valence-electron chi connectivity index (χ1n) is 10.6. The smallest absolute Gasteiger partial charge is 0.331 e. The lowest BCUT2D eigenvalue weighted by Crippen LogP contribution is -2.39. The Bertz CT molecular complexity index is 1200. The first-order valence-corrected chi connectivity index (χ1v) is 10.9. The molecule has 0 bridgehead atoms. The number of halogens is 1. The van der Waals surface area contributed by atoms with Crippen molar-refractivity contribution < 1.29 is 0 Å². The summed E-state index contributed by atoms with van der Waals surface area (Å²) in [5, 5.41) is 0.672. The summed E-state index contributed by atoms with van der Waals surface area (Å²) in [6.45, 7) is 6.91. The number of benzene rings is 1. The van der Waals surface area contributed by atoms with Crippen LogP contribution in [0.15, 0.2) is 39.9 Å². The van der Waals surface area contributed by atoms with Crippen molar-refractivity contribution in [3.05, 3.63) is 61.8 Å². The normalized spacial score (nSPS) is 17.3. The van der Waals surface area contributed by atoms with E-state index in [1.807, 2.05) is 34.9 Å². The summed E-state index contributed by atoms with van der Waals surface area (Å²) in [6.07, 6.45) is 2.34. The molecule has 1 aliphatic heterocycles. The molecule has 3 heterocycles. The molecule has 4 rings (SSSR count). The van der Waals surface area contributed by atoms with Crippen molar-refractivity contribution in [2.75, 3.05) is 18.0 Å². The zero-order valence-electron chi connectivity index (χ0n) is 18.1. The highest BCUT2D eigenvalue weighted by molar-refractivity contribution is 6.31. The zero-order chi connectivity index (χ0) is 21.6. The van der Waals surface area contributed by atoms with Crippen molar-refractivity contribution in [2.45, 2.75) is 33.2 Å². The minimum Gasteiger partial charge on any atom is -0.358 e. The first-order chi connectivity index (χ1) is 14.3. The SMILES string of the molecule is CC(C)C1CCCN(c2cc3c(c(=O)n(C)c(=O)n3C)n2Cc2ccccc2Cl)C1. The molecule has 1 fully saturated rings. The number of piperidine rings is 1. The van der Waals surface area contributed by atoms with E-state index in [0.29, 0.717) is 34.4 Å². The Hall–Kier alpha value is -2.47. The molecule has 0 N–H and O–H groups in total. The van der Waals surface area contributed by atoms with Gasteiger partial charge in [-0.15, -0.1) is 0 Å². The van der Waals surface area contributed by atoms with Gasteiger partial charge in [0.1, 0.15) is 11.3 Å². The van der Waals surface area contributed by atoms with Gasteiger partial charge >= 0.3 is 5.69 Å². The average molecular weight is 429 g/mol. The molecule has 1 saturated heterocycles. The number of anilines is 1. The maximum Gasteiger partial charge on any atom is 0.331 e. The van der Waals surface area contributed by atoms with Crippen LogP contribution in [0.4, 0.5) is 5.82 Å². The van der Waals surface area contributed by atoms with Crippen LogP contribution in [0.5, 0.6) is 0 Å². The molecular weight excluding hydrogens is 400 g/mol. The van der Waals surface area contributed by atoms with Crippen LogP contribution in [0.3, 0.4) is 0 Å². The third-order valence-electron chi connectivity index (χ3n) is 6.51. The molecule has 0 radical (unpaired) electrons. The molecule has 2 aromatic heterocycles. The largest absolute Gasteiger partial charge is 0.358 e. The number of aryl methyl sites for hydroxylation is 1. The lowest BCUT2D eigenvalue weighted by molar-refractivity contribution is 0.320. The van der Waals surface area contributed by atoms with E-state index in [0.717, 1.165) is 30.9 Å². The highest BCUT2D eigenvalue weighted by Crippen LogP contribution is 2.32. The van der Waals surface area contributed by atoms with Crippen molar-refractivity contribution in [1.82, 2.24) is 13.7 Å². The number of hydrogen-bond donors (Lipinski definition) is 0. The van der Waals surface area contributed by atoms with Crippen LogP contribution in [-0.2, 0) is 20.6 Å². The van der Waals surface area contributed by atoms with E-state index in [2.05, 4.69) is 18.7 Å². The Kier molecular flexibility index (Phi) is 5.53. The van der Waals surface area contributed by atoms with Gasteiger partial charge in [-0.2, -0.15) is 0 Å². The van der Waals surface area contributed by atoms with E-state index in [-0.39, 0.29) is 11.2 Å². The number of rotatable bonds is 4. The van der Waals surface area contributed by atoms with Gasteiger partial charge in [-0.1, -0.05) is 43.6 Å². The fourth-order valence-electron chi connectivity index (χ4n) is 4.56. The predicted octanol–water partition coefficient (Wildman–Crippen LogP) is 3.61. The second-order valence-corrected chi connectivity index (χ2v) is 9.12. The van der Waals surface area contributed by atoms with Gasteiger partial charge < -0.3 is 9.47 Å². The van der Waals surface area contributed by atoms with Gasteiger partial charge in [0.05, 0.1) is 12.1 Å². The van der Waals surface area contributed by atoms with E-state index in [4.69, 9.17) is 11.6 Å².